The number of nitrogens with one attached hydrogen (secondary N) is 2. The summed E-state index contributed by atoms with van der Waals surface area (Å²) in [5, 5.41) is 5.19. The molecule has 6 nitrogen and oxygen atoms in total. The van der Waals surface area contributed by atoms with Gasteiger partial charge in [-0.05, 0) is 49.4 Å². The lowest BCUT2D eigenvalue weighted by Gasteiger charge is -2.21. The average molecular weight is 407 g/mol. The van der Waals surface area contributed by atoms with E-state index in [-0.39, 0.29) is 24.6 Å². The number of amides is 3. The first-order chi connectivity index (χ1) is 13.6. The fraction of sp³-hybridized carbons (Fsp3) is 0.250. The van der Waals surface area contributed by atoms with Crippen LogP contribution in [0, 0.1) is 0 Å². The van der Waals surface area contributed by atoms with Crippen molar-refractivity contribution in [1.29, 1.82) is 0 Å². The predicted molar refractivity (Wildman–Crippen MR) is 102 cm³/mol. The molecule has 0 saturated heterocycles. The molecule has 0 aliphatic heterocycles. The molecule has 0 aliphatic carbocycles. The molecule has 9 heteroatoms. The van der Waals surface area contributed by atoms with Gasteiger partial charge in [-0.25, -0.2) is 0 Å². The number of carbonyl (C=O) groups excluding carboxylic acids is 3. The fourth-order valence-electron chi connectivity index (χ4n) is 2.55. The highest BCUT2D eigenvalue weighted by Gasteiger charge is 2.31. The number of alkyl halides is 3. The molecule has 29 heavy (non-hydrogen) atoms. The van der Waals surface area contributed by atoms with Gasteiger partial charge in [0.1, 0.15) is 6.54 Å². The molecule has 2 aromatic carbocycles. The van der Waals surface area contributed by atoms with Crippen molar-refractivity contribution in [1.82, 2.24) is 4.90 Å². The van der Waals surface area contributed by atoms with Crippen LogP contribution in [0.5, 0.6) is 0 Å². The van der Waals surface area contributed by atoms with Gasteiger partial charge in [-0.3, -0.25) is 14.4 Å². The van der Waals surface area contributed by atoms with E-state index in [0.29, 0.717) is 11.4 Å². The first kappa shape index (κ1) is 21.9. The molecular weight excluding hydrogens is 387 g/mol. The van der Waals surface area contributed by atoms with Gasteiger partial charge < -0.3 is 15.5 Å². The summed E-state index contributed by atoms with van der Waals surface area (Å²) in [6, 6.07) is 10.4. The molecule has 2 aromatic rings. The van der Waals surface area contributed by atoms with E-state index < -0.39 is 23.6 Å². The number of halogens is 3. The Bertz CT molecular complexity index is 896. The van der Waals surface area contributed by atoms with Gasteiger partial charge >= 0.3 is 6.18 Å². The van der Waals surface area contributed by atoms with E-state index in [1.807, 2.05) is 0 Å². The minimum Gasteiger partial charge on any atom is -0.330 e. The first-order valence-corrected chi connectivity index (χ1v) is 8.74. The lowest BCUT2D eigenvalue weighted by atomic mass is 10.1. The molecule has 0 heterocycles. The molecule has 154 valence electrons. The lowest BCUT2D eigenvalue weighted by Crippen LogP contribution is -2.38. The molecule has 2 rings (SSSR count). The second-order valence-corrected chi connectivity index (χ2v) is 6.20. The van der Waals surface area contributed by atoms with Crippen molar-refractivity contribution < 1.29 is 27.6 Å². The number of hydrogen-bond donors (Lipinski definition) is 2. The van der Waals surface area contributed by atoms with Crippen molar-refractivity contribution >= 4 is 29.1 Å². The maximum Gasteiger partial charge on any atom is 0.416 e. The summed E-state index contributed by atoms with van der Waals surface area (Å²) >= 11 is 0. The summed E-state index contributed by atoms with van der Waals surface area (Å²) in [5.74, 6) is -1.40. The molecule has 0 atom stereocenters. The van der Waals surface area contributed by atoms with Crippen molar-refractivity contribution in [2.24, 2.45) is 0 Å². The van der Waals surface area contributed by atoms with E-state index in [2.05, 4.69) is 10.6 Å². The molecule has 0 unspecified atom stereocenters. The smallest absolute Gasteiger partial charge is 0.330 e. The van der Waals surface area contributed by atoms with Gasteiger partial charge in [-0.15, -0.1) is 0 Å². The van der Waals surface area contributed by atoms with E-state index in [4.69, 9.17) is 0 Å². The number of hydrogen-bond acceptors (Lipinski definition) is 3. The molecule has 3 amide bonds. The Morgan fingerprint density at radius 1 is 0.966 bits per heavy atom. The van der Waals surface area contributed by atoms with E-state index in [9.17, 15) is 27.6 Å². The van der Waals surface area contributed by atoms with Crippen LogP contribution >= 0.6 is 0 Å². The topological polar surface area (TPSA) is 78.5 Å². The minimum absolute atomic E-state index is 0.143. The maximum atomic E-state index is 12.9. The number of carbonyl (C=O) groups is 3. The highest BCUT2D eigenvalue weighted by atomic mass is 19.4. The Morgan fingerprint density at radius 2 is 1.55 bits per heavy atom. The number of rotatable bonds is 6. The normalized spacial score (nSPS) is 10.9. The molecule has 0 aromatic heterocycles. The van der Waals surface area contributed by atoms with Gasteiger partial charge in [-0.1, -0.05) is 6.07 Å². The van der Waals surface area contributed by atoms with Gasteiger partial charge in [0.2, 0.25) is 11.8 Å². The molecule has 0 aliphatic rings. The molecule has 0 radical (unpaired) electrons. The van der Waals surface area contributed by atoms with Crippen molar-refractivity contribution in [2.75, 3.05) is 23.7 Å². The number of nitrogens with zero attached hydrogens (tertiary/aromatic N) is 1. The van der Waals surface area contributed by atoms with Gasteiger partial charge in [0.25, 0.3) is 5.91 Å². The summed E-state index contributed by atoms with van der Waals surface area (Å²) < 4.78 is 38.6. The van der Waals surface area contributed by atoms with Crippen LogP contribution in [0.3, 0.4) is 0 Å². The van der Waals surface area contributed by atoms with Crippen LogP contribution in [0.4, 0.5) is 24.5 Å². The monoisotopic (exact) mass is 407 g/mol. The van der Waals surface area contributed by atoms with Gasteiger partial charge in [0.05, 0.1) is 5.56 Å². The van der Waals surface area contributed by atoms with Crippen molar-refractivity contribution in [3.05, 3.63) is 59.7 Å². The molecule has 0 saturated carbocycles. The second-order valence-electron chi connectivity index (χ2n) is 6.20. The highest BCUT2D eigenvalue weighted by molar-refractivity contribution is 5.99. The minimum atomic E-state index is -4.56. The van der Waals surface area contributed by atoms with Crippen molar-refractivity contribution in [2.45, 2.75) is 20.0 Å². The highest BCUT2D eigenvalue weighted by Crippen LogP contribution is 2.29. The molecule has 2 N–H and O–H groups in total. The zero-order valence-electron chi connectivity index (χ0n) is 15.8. The van der Waals surface area contributed by atoms with Crippen LogP contribution in [0.1, 0.15) is 29.8 Å². The van der Waals surface area contributed by atoms with E-state index in [1.54, 1.807) is 31.2 Å². The third-order valence-corrected chi connectivity index (χ3v) is 3.93. The van der Waals surface area contributed by atoms with Crippen LogP contribution in [-0.4, -0.2) is 35.7 Å². The van der Waals surface area contributed by atoms with E-state index >= 15 is 0 Å². The summed E-state index contributed by atoms with van der Waals surface area (Å²) in [4.78, 5) is 36.9. The van der Waals surface area contributed by atoms with Crippen LogP contribution in [0.15, 0.2) is 48.5 Å². The van der Waals surface area contributed by atoms with Gasteiger partial charge in [0, 0.05) is 30.4 Å². The zero-order chi connectivity index (χ0) is 21.6. The summed E-state index contributed by atoms with van der Waals surface area (Å²) in [6.45, 7) is 2.82. The lowest BCUT2D eigenvalue weighted by molar-refractivity contribution is -0.137. The first-order valence-electron chi connectivity index (χ1n) is 8.74. The van der Waals surface area contributed by atoms with E-state index in [1.165, 1.54) is 13.0 Å². The maximum absolute atomic E-state index is 12.9. The Balaban J connectivity index is 2.04. The molecular formula is C20H20F3N3O3. The zero-order valence-corrected chi connectivity index (χ0v) is 15.8. The van der Waals surface area contributed by atoms with Gasteiger partial charge in [0.15, 0.2) is 0 Å². The Morgan fingerprint density at radius 3 is 2.07 bits per heavy atom. The number of likely N-dealkylation sites (N-methyl/N-ethyl adjacent to an activating group) is 1. The summed E-state index contributed by atoms with van der Waals surface area (Å²) in [5.41, 5.74) is -0.0608. The molecule has 0 spiro atoms. The number of anilines is 2. The quantitative estimate of drug-likeness (QED) is 0.765. The average Bonchev–Trinajstić information content (AvgIpc) is 2.66. The Labute approximate surface area is 165 Å². The summed E-state index contributed by atoms with van der Waals surface area (Å²) in [6.07, 6.45) is -4.56. The van der Waals surface area contributed by atoms with Gasteiger partial charge in [-0.2, -0.15) is 13.2 Å². The van der Waals surface area contributed by atoms with Crippen molar-refractivity contribution in [3.8, 4) is 0 Å². The van der Waals surface area contributed by atoms with E-state index in [0.717, 1.165) is 23.1 Å². The number of benzene rings is 2. The molecule has 0 fully saturated rings. The third-order valence-electron chi connectivity index (χ3n) is 3.93. The Hall–Kier alpha value is -3.36. The van der Waals surface area contributed by atoms with Crippen LogP contribution in [0.25, 0.3) is 0 Å². The Kier molecular flexibility index (Phi) is 6.98. The van der Waals surface area contributed by atoms with Crippen LogP contribution in [0.2, 0.25) is 0 Å². The largest absolute Gasteiger partial charge is 0.416 e. The standard InChI is InChI=1S/C20H20F3N3O3/c1-3-26(19(29)14-5-4-6-15(11-14)20(21,22)23)12-18(28)25-17-9-7-16(8-10-17)24-13(2)27/h4-11H,3,12H2,1-2H3,(H,24,27)(H,25,28). The van der Waals surface area contributed by atoms with Crippen LogP contribution < -0.4 is 10.6 Å². The SMILES string of the molecule is CCN(CC(=O)Nc1ccc(NC(C)=O)cc1)C(=O)c1cccc(C(F)(F)F)c1. The second kappa shape index (κ2) is 9.22. The fourth-order valence-corrected chi connectivity index (χ4v) is 2.55. The van der Waals surface area contributed by atoms with Crippen molar-refractivity contribution in [3.63, 3.8) is 0 Å². The van der Waals surface area contributed by atoms with Crippen LogP contribution in [-0.2, 0) is 15.8 Å². The molecule has 0 bridgehead atoms. The predicted octanol–water partition coefficient (Wildman–Crippen LogP) is 3.76. The third kappa shape index (κ3) is 6.34. The summed E-state index contributed by atoms with van der Waals surface area (Å²) in [7, 11) is 0.